The molecule has 0 aliphatic carbocycles. The van der Waals surface area contributed by atoms with Crippen molar-refractivity contribution < 1.29 is 0 Å². The Labute approximate surface area is 128 Å². The molecule has 0 amide bonds. The lowest BCUT2D eigenvalue weighted by Gasteiger charge is -2.38. The average Bonchev–Trinajstić information content (AvgIpc) is 2.26. The normalized spacial score (nSPS) is 12.8. The first-order chi connectivity index (χ1) is 9.12. The first kappa shape index (κ1) is 19.7. The van der Waals surface area contributed by atoms with Crippen molar-refractivity contribution in [2.24, 2.45) is 10.8 Å². The Bertz CT molecular complexity index is 282. The first-order valence-electron chi connectivity index (χ1n) is 8.47. The summed E-state index contributed by atoms with van der Waals surface area (Å²) in [6.45, 7) is 22.3. The van der Waals surface area contributed by atoms with Crippen molar-refractivity contribution in [2.75, 3.05) is 19.6 Å². The maximum atomic E-state index is 2.66. The lowest BCUT2D eigenvalue weighted by Crippen LogP contribution is -2.37. The molecular weight excluding hydrogens is 242 g/mol. The second-order valence-electron chi connectivity index (χ2n) is 8.21. The van der Waals surface area contributed by atoms with Gasteiger partial charge in [-0.3, -0.25) is 0 Å². The van der Waals surface area contributed by atoms with Crippen molar-refractivity contribution in [1.82, 2.24) is 4.90 Å². The first-order valence-corrected chi connectivity index (χ1v) is 8.47. The van der Waals surface area contributed by atoms with Crippen molar-refractivity contribution in [3.8, 4) is 0 Å². The molecule has 0 rings (SSSR count). The molecule has 0 bridgehead atoms. The summed E-state index contributed by atoms with van der Waals surface area (Å²) in [6.07, 6.45) is 7.38. The minimum atomic E-state index is 0.402. The van der Waals surface area contributed by atoms with E-state index in [-0.39, 0.29) is 0 Å². The fraction of sp³-hybridized carbons (Fsp3) is 0.895. The molecule has 0 N–H and O–H groups in total. The van der Waals surface area contributed by atoms with Gasteiger partial charge >= 0.3 is 0 Å². The topological polar surface area (TPSA) is 3.24 Å². The van der Waals surface area contributed by atoms with Crippen molar-refractivity contribution >= 4 is 0 Å². The molecule has 0 aromatic heterocycles. The van der Waals surface area contributed by atoms with Gasteiger partial charge in [-0.25, -0.2) is 0 Å². The van der Waals surface area contributed by atoms with Crippen LogP contribution in [0.1, 0.15) is 81.1 Å². The van der Waals surface area contributed by atoms with Crippen LogP contribution in [0.15, 0.2) is 11.6 Å². The van der Waals surface area contributed by atoms with Crippen molar-refractivity contribution in [3.63, 3.8) is 0 Å². The van der Waals surface area contributed by atoms with Gasteiger partial charge in [0.1, 0.15) is 0 Å². The molecular formula is C19H39N. The van der Waals surface area contributed by atoms with E-state index >= 15 is 0 Å². The van der Waals surface area contributed by atoms with Crippen LogP contribution in [0, 0.1) is 10.8 Å². The monoisotopic (exact) mass is 281 g/mol. The Kier molecular flexibility index (Phi) is 8.74. The molecule has 0 unspecified atom stereocenters. The van der Waals surface area contributed by atoms with Crippen LogP contribution in [-0.4, -0.2) is 24.5 Å². The molecule has 0 aliphatic rings. The molecule has 0 radical (unpaired) electrons. The minimum absolute atomic E-state index is 0.402. The van der Waals surface area contributed by atoms with Crippen LogP contribution in [-0.2, 0) is 0 Å². The summed E-state index contributed by atoms with van der Waals surface area (Å²) < 4.78 is 0. The second-order valence-corrected chi connectivity index (χ2v) is 8.21. The van der Waals surface area contributed by atoms with Gasteiger partial charge in [-0.2, -0.15) is 0 Å². The number of hydrogen-bond donors (Lipinski definition) is 0. The molecule has 0 aromatic rings. The summed E-state index contributed by atoms with van der Waals surface area (Å²) in [5.74, 6) is 0. The average molecular weight is 282 g/mol. The molecule has 1 heteroatoms. The molecule has 0 aromatic carbocycles. The van der Waals surface area contributed by atoms with Gasteiger partial charge in [-0.1, -0.05) is 59.6 Å². The van der Waals surface area contributed by atoms with Gasteiger partial charge in [0.2, 0.25) is 0 Å². The number of nitrogens with zero attached hydrogens (tertiary/aromatic N) is 1. The predicted octanol–water partition coefficient (Wildman–Crippen LogP) is 5.91. The Morgan fingerprint density at radius 3 is 2.00 bits per heavy atom. The summed E-state index contributed by atoms with van der Waals surface area (Å²) in [5.41, 5.74) is 2.30. The molecule has 0 saturated heterocycles. The number of rotatable bonds is 10. The molecule has 0 spiro atoms. The van der Waals surface area contributed by atoms with E-state index in [1.54, 1.807) is 0 Å². The Balaban J connectivity index is 4.51. The number of allylic oxidation sites excluding steroid dienone is 1. The summed E-state index contributed by atoms with van der Waals surface area (Å²) in [6, 6.07) is 0. The van der Waals surface area contributed by atoms with E-state index in [9.17, 15) is 0 Å². The summed E-state index contributed by atoms with van der Waals surface area (Å²) in [7, 11) is 0. The predicted molar refractivity (Wildman–Crippen MR) is 93.2 cm³/mol. The van der Waals surface area contributed by atoms with Crippen LogP contribution in [0.5, 0.6) is 0 Å². The molecule has 1 nitrogen and oxygen atoms in total. The Morgan fingerprint density at radius 2 is 1.55 bits per heavy atom. The van der Waals surface area contributed by atoms with Gasteiger partial charge in [-0.15, -0.1) is 0 Å². The third kappa shape index (κ3) is 9.58. The largest absolute Gasteiger partial charge is 0.303 e. The highest BCUT2D eigenvalue weighted by molar-refractivity contribution is 4.93. The van der Waals surface area contributed by atoms with Crippen molar-refractivity contribution in [1.29, 1.82) is 0 Å². The van der Waals surface area contributed by atoms with E-state index < -0.39 is 0 Å². The summed E-state index contributed by atoms with van der Waals surface area (Å²) in [4.78, 5) is 2.66. The van der Waals surface area contributed by atoms with E-state index in [0.717, 1.165) is 0 Å². The molecule has 120 valence electrons. The lowest BCUT2D eigenvalue weighted by atomic mass is 9.73. The zero-order valence-corrected chi connectivity index (χ0v) is 15.5. The molecule has 0 heterocycles. The summed E-state index contributed by atoms with van der Waals surface area (Å²) >= 11 is 0. The van der Waals surface area contributed by atoms with Crippen molar-refractivity contribution in [2.45, 2.75) is 81.1 Å². The Hall–Kier alpha value is -0.300. The second kappa shape index (κ2) is 8.87. The maximum Gasteiger partial charge on any atom is 0.00330 e. The van der Waals surface area contributed by atoms with Gasteiger partial charge in [-0.05, 0) is 50.5 Å². The maximum absolute atomic E-state index is 2.66. The third-order valence-electron chi connectivity index (χ3n) is 4.10. The van der Waals surface area contributed by atoms with Gasteiger partial charge in [0.05, 0.1) is 0 Å². The Morgan fingerprint density at radius 1 is 0.950 bits per heavy atom. The van der Waals surface area contributed by atoms with Crippen LogP contribution < -0.4 is 0 Å². The zero-order chi connectivity index (χ0) is 15.8. The van der Waals surface area contributed by atoms with Crippen LogP contribution in [0.4, 0.5) is 0 Å². The quantitative estimate of drug-likeness (QED) is 0.450. The van der Waals surface area contributed by atoms with E-state index in [4.69, 9.17) is 0 Å². The molecule has 0 saturated carbocycles. The van der Waals surface area contributed by atoms with Crippen LogP contribution >= 0.6 is 0 Å². The number of hydrogen-bond acceptors (Lipinski definition) is 1. The fourth-order valence-electron chi connectivity index (χ4n) is 3.20. The lowest BCUT2D eigenvalue weighted by molar-refractivity contribution is 0.120. The van der Waals surface area contributed by atoms with Crippen LogP contribution in [0.3, 0.4) is 0 Å². The minimum Gasteiger partial charge on any atom is -0.303 e. The molecule has 0 aliphatic heterocycles. The molecule has 20 heavy (non-hydrogen) atoms. The third-order valence-corrected chi connectivity index (χ3v) is 4.10. The van der Waals surface area contributed by atoms with Gasteiger partial charge < -0.3 is 4.90 Å². The van der Waals surface area contributed by atoms with E-state index in [1.807, 2.05) is 0 Å². The standard InChI is InChI=1S/C19H39N/c1-9-13-20(14-11-12-17(3)4)16-19(7,8)15-18(5,6)10-2/h12H,9-11,13-16H2,1-8H3. The van der Waals surface area contributed by atoms with Crippen molar-refractivity contribution in [3.05, 3.63) is 11.6 Å². The highest BCUT2D eigenvalue weighted by Crippen LogP contribution is 2.36. The van der Waals surface area contributed by atoms with E-state index in [2.05, 4.69) is 66.4 Å². The molecule has 0 atom stereocenters. The summed E-state index contributed by atoms with van der Waals surface area (Å²) in [5, 5.41) is 0. The van der Waals surface area contributed by atoms with Gasteiger partial charge in [0, 0.05) is 13.1 Å². The smallest absolute Gasteiger partial charge is 0.00330 e. The van der Waals surface area contributed by atoms with Crippen LogP contribution in [0.2, 0.25) is 0 Å². The SMILES string of the molecule is CCCN(CCC=C(C)C)CC(C)(C)CC(C)(C)CC. The van der Waals surface area contributed by atoms with Crippen LogP contribution in [0.25, 0.3) is 0 Å². The van der Waals surface area contributed by atoms with Gasteiger partial charge in [0.15, 0.2) is 0 Å². The fourth-order valence-corrected chi connectivity index (χ4v) is 3.20. The van der Waals surface area contributed by atoms with E-state index in [1.165, 1.54) is 50.9 Å². The van der Waals surface area contributed by atoms with Gasteiger partial charge in [0.25, 0.3) is 0 Å². The highest BCUT2D eigenvalue weighted by atomic mass is 15.1. The van der Waals surface area contributed by atoms with E-state index in [0.29, 0.717) is 10.8 Å². The molecule has 0 fully saturated rings. The highest BCUT2D eigenvalue weighted by Gasteiger charge is 2.29. The zero-order valence-electron chi connectivity index (χ0n) is 15.5.